The molecule has 20 heavy (non-hydrogen) atoms. The van der Waals surface area contributed by atoms with Gasteiger partial charge in [0.25, 0.3) is 0 Å². The zero-order valence-electron chi connectivity index (χ0n) is 12.2. The Morgan fingerprint density at radius 1 is 1.30 bits per heavy atom. The number of carbonyl (C=O) groups excluding carboxylic acids is 1. The SMILES string of the molecule is Cc1nnc(CCNC(=O)CCCN2CCCCC2)s1. The number of nitrogens with zero attached hydrogens (tertiary/aromatic N) is 3. The number of hydrogen-bond acceptors (Lipinski definition) is 5. The maximum atomic E-state index is 11.7. The molecule has 0 bridgehead atoms. The minimum Gasteiger partial charge on any atom is -0.356 e. The molecule has 0 atom stereocenters. The summed E-state index contributed by atoms with van der Waals surface area (Å²) in [5.41, 5.74) is 0. The van der Waals surface area contributed by atoms with Gasteiger partial charge < -0.3 is 10.2 Å². The third-order valence-corrected chi connectivity index (χ3v) is 4.45. The summed E-state index contributed by atoms with van der Waals surface area (Å²) in [6, 6.07) is 0. The molecule has 1 N–H and O–H groups in total. The van der Waals surface area contributed by atoms with Crippen LogP contribution in [-0.2, 0) is 11.2 Å². The summed E-state index contributed by atoms with van der Waals surface area (Å²) >= 11 is 1.60. The van der Waals surface area contributed by atoms with Gasteiger partial charge >= 0.3 is 0 Å². The zero-order valence-corrected chi connectivity index (χ0v) is 13.0. The van der Waals surface area contributed by atoms with Crippen molar-refractivity contribution in [2.75, 3.05) is 26.2 Å². The Morgan fingerprint density at radius 2 is 2.10 bits per heavy atom. The third-order valence-electron chi connectivity index (χ3n) is 3.56. The van der Waals surface area contributed by atoms with E-state index < -0.39 is 0 Å². The second kappa shape index (κ2) is 8.32. The van der Waals surface area contributed by atoms with Gasteiger partial charge in [-0.2, -0.15) is 0 Å². The average Bonchev–Trinajstić information content (AvgIpc) is 2.86. The lowest BCUT2D eigenvalue weighted by molar-refractivity contribution is -0.121. The van der Waals surface area contributed by atoms with Crippen LogP contribution in [0, 0.1) is 6.92 Å². The summed E-state index contributed by atoms with van der Waals surface area (Å²) in [6.45, 7) is 6.08. The van der Waals surface area contributed by atoms with Gasteiger partial charge in [-0.05, 0) is 45.8 Å². The Balaban J connectivity index is 1.51. The van der Waals surface area contributed by atoms with Gasteiger partial charge in [0.05, 0.1) is 0 Å². The molecule has 2 heterocycles. The number of carbonyl (C=O) groups is 1. The molecule has 0 spiro atoms. The van der Waals surface area contributed by atoms with Gasteiger partial charge in [-0.15, -0.1) is 21.5 Å². The van der Waals surface area contributed by atoms with Crippen molar-refractivity contribution in [2.24, 2.45) is 0 Å². The lowest BCUT2D eigenvalue weighted by atomic mass is 10.1. The molecule has 1 aromatic rings. The molecule has 1 saturated heterocycles. The molecule has 0 aliphatic carbocycles. The summed E-state index contributed by atoms with van der Waals surface area (Å²) in [7, 11) is 0. The van der Waals surface area contributed by atoms with Gasteiger partial charge in [-0.1, -0.05) is 6.42 Å². The van der Waals surface area contributed by atoms with Gasteiger partial charge in [-0.3, -0.25) is 4.79 Å². The molecule has 0 saturated carbocycles. The van der Waals surface area contributed by atoms with Crippen LogP contribution < -0.4 is 5.32 Å². The van der Waals surface area contributed by atoms with Crippen LogP contribution in [0.3, 0.4) is 0 Å². The first-order valence-corrected chi connectivity index (χ1v) is 8.34. The van der Waals surface area contributed by atoms with Crippen LogP contribution in [0.15, 0.2) is 0 Å². The minimum atomic E-state index is 0.156. The Labute approximate surface area is 124 Å². The second-order valence-electron chi connectivity index (χ2n) is 5.32. The minimum absolute atomic E-state index is 0.156. The molecule has 0 radical (unpaired) electrons. The summed E-state index contributed by atoms with van der Waals surface area (Å²) in [5.74, 6) is 0.156. The quantitative estimate of drug-likeness (QED) is 0.833. The lowest BCUT2D eigenvalue weighted by Crippen LogP contribution is -2.32. The van der Waals surface area contributed by atoms with E-state index in [1.807, 2.05) is 6.92 Å². The molecule has 2 rings (SSSR count). The highest BCUT2D eigenvalue weighted by Crippen LogP contribution is 2.09. The number of aryl methyl sites for hydroxylation is 1. The Kier molecular flexibility index (Phi) is 6.39. The second-order valence-corrected chi connectivity index (χ2v) is 6.59. The number of amides is 1. The highest BCUT2D eigenvalue weighted by molar-refractivity contribution is 7.11. The molecule has 0 aromatic carbocycles. The van der Waals surface area contributed by atoms with Crippen molar-refractivity contribution in [1.82, 2.24) is 20.4 Å². The molecule has 1 amide bonds. The van der Waals surface area contributed by atoms with Gasteiger partial charge in [0.2, 0.25) is 5.91 Å². The topological polar surface area (TPSA) is 58.1 Å². The van der Waals surface area contributed by atoms with E-state index in [1.54, 1.807) is 11.3 Å². The number of piperidine rings is 1. The summed E-state index contributed by atoms with van der Waals surface area (Å²) in [5, 5.41) is 12.9. The number of likely N-dealkylation sites (tertiary alicyclic amines) is 1. The van der Waals surface area contributed by atoms with Crippen molar-refractivity contribution in [3.8, 4) is 0 Å². The monoisotopic (exact) mass is 296 g/mol. The fraction of sp³-hybridized carbons (Fsp3) is 0.786. The van der Waals surface area contributed by atoms with Crippen molar-refractivity contribution < 1.29 is 4.79 Å². The van der Waals surface area contributed by atoms with E-state index in [0.717, 1.165) is 29.4 Å². The molecular formula is C14H24N4OS. The molecule has 1 aliphatic heterocycles. The largest absolute Gasteiger partial charge is 0.356 e. The maximum absolute atomic E-state index is 11.7. The summed E-state index contributed by atoms with van der Waals surface area (Å²) < 4.78 is 0. The van der Waals surface area contributed by atoms with Crippen LogP contribution in [0.4, 0.5) is 0 Å². The number of nitrogens with one attached hydrogen (secondary N) is 1. The fourth-order valence-electron chi connectivity index (χ4n) is 2.48. The van der Waals surface area contributed by atoms with Gasteiger partial charge in [0, 0.05) is 19.4 Å². The van der Waals surface area contributed by atoms with E-state index in [1.165, 1.54) is 32.4 Å². The molecule has 112 valence electrons. The number of rotatable bonds is 7. The molecule has 5 nitrogen and oxygen atoms in total. The predicted molar refractivity (Wildman–Crippen MR) is 80.9 cm³/mol. The highest BCUT2D eigenvalue weighted by Gasteiger charge is 2.10. The standard InChI is InChI=1S/C14H24N4OS/c1-12-16-17-14(20-12)7-8-15-13(19)6-5-11-18-9-3-2-4-10-18/h2-11H2,1H3,(H,15,19). The lowest BCUT2D eigenvalue weighted by Gasteiger charge is -2.26. The Morgan fingerprint density at radius 3 is 2.80 bits per heavy atom. The summed E-state index contributed by atoms with van der Waals surface area (Å²) in [6.07, 6.45) is 6.36. The van der Waals surface area contributed by atoms with Crippen LogP contribution in [0.2, 0.25) is 0 Å². The molecule has 1 aromatic heterocycles. The molecule has 1 aliphatic rings. The predicted octanol–water partition coefficient (Wildman–Crippen LogP) is 1.77. The van der Waals surface area contributed by atoms with Gasteiger partial charge in [0.15, 0.2) is 0 Å². The first kappa shape index (κ1) is 15.4. The highest BCUT2D eigenvalue weighted by atomic mass is 32.1. The van der Waals surface area contributed by atoms with Crippen LogP contribution >= 0.6 is 11.3 Å². The van der Waals surface area contributed by atoms with E-state index in [4.69, 9.17) is 0 Å². The van der Waals surface area contributed by atoms with E-state index in [2.05, 4.69) is 20.4 Å². The Bertz CT molecular complexity index is 415. The van der Waals surface area contributed by atoms with Gasteiger partial charge in [-0.25, -0.2) is 0 Å². The van der Waals surface area contributed by atoms with E-state index in [9.17, 15) is 4.79 Å². The first-order chi connectivity index (χ1) is 9.74. The summed E-state index contributed by atoms with van der Waals surface area (Å²) in [4.78, 5) is 14.2. The van der Waals surface area contributed by atoms with Crippen LogP contribution in [0.1, 0.15) is 42.1 Å². The van der Waals surface area contributed by atoms with Crippen LogP contribution in [0.5, 0.6) is 0 Å². The third kappa shape index (κ3) is 5.54. The van der Waals surface area contributed by atoms with E-state index in [0.29, 0.717) is 13.0 Å². The normalized spacial score (nSPS) is 16.2. The van der Waals surface area contributed by atoms with Gasteiger partial charge in [0.1, 0.15) is 10.0 Å². The van der Waals surface area contributed by atoms with Crippen molar-refractivity contribution in [3.05, 3.63) is 10.0 Å². The van der Waals surface area contributed by atoms with E-state index >= 15 is 0 Å². The van der Waals surface area contributed by atoms with Crippen molar-refractivity contribution >= 4 is 17.2 Å². The molecule has 1 fully saturated rings. The number of hydrogen-bond donors (Lipinski definition) is 1. The van der Waals surface area contributed by atoms with Crippen molar-refractivity contribution in [3.63, 3.8) is 0 Å². The van der Waals surface area contributed by atoms with Crippen molar-refractivity contribution in [1.29, 1.82) is 0 Å². The van der Waals surface area contributed by atoms with Crippen molar-refractivity contribution in [2.45, 2.75) is 45.4 Å². The molecule has 6 heteroatoms. The zero-order chi connectivity index (χ0) is 14.2. The number of aromatic nitrogens is 2. The molecular weight excluding hydrogens is 272 g/mol. The smallest absolute Gasteiger partial charge is 0.220 e. The average molecular weight is 296 g/mol. The molecule has 0 unspecified atom stereocenters. The Hall–Kier alpha value is -1.01. The van der Waals surface area contributed by atoms with Crippen LogP contribution in [-0.4, -0.2) is 47.2 Å². The van der Waals surface area contributed by atoms with Crippen LogP contribution in [0.25, 0.3) is 0 Å². The van der Waals surface area contributed by atoms with E-state index in [-0.39, 0.29) is 5.91 Å². The fourth-order valence-corrected chi connectivity index (χ4v) is 3.19. The first-order valence-electron chi connectivity index (χ1n) is 7.52. The maximum Gasteiger partial charge on any atom is 0.220 e.